The van der Waals surface area contributed by atoms with Crippen molar-refractivity contribution in [1.29, 1.82) is 0 Å². The minimum atomic E-state index is -0.830. The van der Waals surface area contributed by atoms with Crippen LogP contribution in [0.1, 0.15) is 66.0 Å². The highest BCUT2D eigenvalue weighted by atomic mass is 16.7. The average Bonchev–Trinajstić information content (AvgIpc) is 3.64. The third kappa shape index (κ3) is 9.79. The van der Waals surface area contributed by atoms with Crippen molar-refractivity contribution < 1.29 is 28.9 Å². The number of methoxy groups -OCH3 is 1. The summed E-state index contributed by atoms with van der Waals surface area (Å²) in [6.07, 6.45) is 0.986. The van der Waals surface area contributed by atoms with Gasteiger partial charge in [0.2, 0.25) is 0 Å². The summed E-state index contributed by atoms with van der Waals surface area (Å²) in [6.45, 7) is 4.80. The molecule has 0 unspecified atom stereocenters. The number of carbonyl (C=O) groups is 2. The molecule has 0 spiro atoms. The number of aromatic nitrogens is 2. The molecule has 4 N–H and O–H groups in total. The number of urea groups is 1. The fourth-order valence-corrected chi connectivity index (χ4v) is 8.68. The molecule has 2 fully saturated rings. The largest absolute Gasteiger partial charge is 0.467 e. The Labute approximate surface area is 355 Å². The molecule has 61 heavy (non-hydrogen) atoms. The number of esters is 1. The minimum Gasteiger partial charge on any atom is -0.467 e. The number of aliphatic hydroxyl groups is 1. The first-order valence-electron chi connectivity index (χ1n) is 21.0. The Morgan fingerprint density at radius 3 is 2.28 bits per heavy atom. The van der Waals surface area contributed by atoms with Crippen LogP contribution in [0.3, 0.4) is 0 Å². The summed E-state index contributed by atoms with van der Waals surface area (Å²) in [5.74, 6) is -0.490. The molecule has 316 valence electrons. The van der Waals surface area contributed by atoms with Crippen molar-refractivity contribution in [2.24, 2.45) is 5.92 Å². The van der Waals surface area contributed by atoms with E-state index in [2.05, 4.69) is 33.5 Å². The van der Waals surface area contributed by atoms with E-state index in [9.17, 15) is 19.5 Å². The van der Waals surface area contributed by atoms with Gasteiger partial charge in [-0.3, -0.25) is 4.57 Å². The third-order valence-corrected chi connectivity index (χ3v) is 12.1. The molecule has 2 aliphatic heterocycles. The molecule has 5 atom stereocenters. The van der Waals surface area contributed by atoms with Crippen molar-refractivity contribution in [1.82, 2.24) is 25.1 Å². The number of nitrogens with one attached hydrogen (secondary N) is 3. The summed E-state index contributed by atoms with van der Waals surface area (Å²) < 4.78 is 20.6. The average molecular weight is 824 g/mol. The Bertz CT molecular complexity index is 2480. The first kappa shape index (κ1) is 41.7. The highest BCUT2D eigenvalue weighted by Gasteiger charge is 2.40. The number of piperidine rings is 1. The van der Waals surface area contributed by atoms with Gasteiger partial charge in [0.05, 0.1) is 37.0 Å². The van der Waals surface area contributed by atoms with Crippen molar-refractivity contribution >= 4 is 23.0 Å². The number of nitrogens with zero attached hydrogens (tertiary/aromatic N) is 2. The van der Waals surface area contributed by atoms with Gasteiger partial charge in [0.1, 0.15) is 6.04 Å². The number of H-pyrrole nitrogens is 1. The number of aliphatic hydroxyl groups excluding tert-OH is 1. The molecule has 2 aliphatic rings. The lowest BCUT2D eigenvalue weighted by atomic mass is 9.89. The molecular formula is C49H53N5O7. The summed E-state index contributed by atoms with van der Waals surface area (Å²) in [5, 5.41) is 15.4. The maximum atomic E-state index is 13.0. The Morgan fingerprint density at radius 2 is 1.52 bits per heavy atom. The van der Waals surface area contributed by atoms with Crippen LogP contribution in [0.15, 0.2) is 132 Å². The van der Waals surface area contributed by atoms with E-state index < -0.39 is 24.3 Å². The first-order valence-corrected chi connectivity index (χ1v) is 21.0. The summed E-state index contributed by atoms with van der Waals surface area (Å²) in [4.78, 5) is 43.9. The smallest absolute Gasteiger partial charge is 0.328 e. The number of para-hydroxylation sites is 2. The number of carbonyl (C=O) groups excluding carboxylic acids is 2. The van der Waals surface area contributed by atoms with Gasteiger partial charge in [-0.25, -0.2) is 14.4 Å². The van der Waals surface area contributed by atoms with Gasteiger partial charge in [-0.1, -0.05) is 110 Å². The lowest BCUT2D eigenvalue weighted by Crippen LogP contribution is -2.47. The molecule has 12 heteroatoms. The van der Waals surface area contributed by atoms with E-state index in [4.69, 9.17) is 14.2 Å². The molecule has 6 aromatic rings. The van der Waals surface area contributed by atoms with Crippen LogP contribution in [-0.4, -0.2) is 70.4 Å². The molecule has 2 saturated heterocycles. The molecule has 8 rings (SSSR count). The molecule has 1 aromatic heterocycles. The summed E-state index contributed by atoms with van der Waals surface area (Å²) in [5.41, 5.74) is 8.24. The van der Waals surface area contributed by atoms with Crippen LogP contribution in [0.4, 0.5) is 4.79 Å². The molecule has 0 aliphatic carbocycles. The Morgan fingerprint density at radius 1 is 0.820 bits per heavy atom. The fraction of sp³-hybridized carbons (Fsp3) is 0.327. The number of ether oxygens (including phenoxy) is 3. The van der Waals surface area contributed by atoms with Crippen LogP contribution in [-0.2, 0) is 38.6 Å². The van der Waals surface area contributed by atoms with Crippen LogP contribution >= 0.6 is 0 Å². The maximum absolute atomic E-state index is 13.0. The first-order chi connectivity index (χ1) is 29.8. The number of hydrogen-bond acceptors (Lipinski definition) is 8. The highest BCUT2D eigenvalue weighted by Crippen LogP contribution is 2.43. The standard InChI is InChI=1S/C49H53N5O7/c1-32-44(30-53-24-22-40(23-25-53)54-43-17-7-6-16-41(43)52-49(54)58)60-47(61-45(32)36-20-18-34(31-55)19-21-36)39-15-9-14-38(28-39)37-13-8-12-35(26-37)29-50-48(57)51-42(46(56)59-2)27-33-10-4-3-5-11-33/h3-21,26,28,32,40,42,44-45,47,55H,22-25,27,29-31H2,1-2H3,(H,52,58)(H2,50,51,57)/t32-,42-,44+,45+,47+/m0/s1. The van der Waals surface area contributed by atoms with Crippen LogP contribution in [0, 0.1) is 5.92 Å². The lowest BCUT2D eigenvalue weighted by molar-refractivity contribution is -0.276. The van der Waals surface area contributed by atoms with Gasteiger partial charge < -0.3 is 39.8 Å². The Hall–Kier alpha value is -6.05. The van der Waals surface area contributed by atoms with Gasteiger partial charge in [-0.15, -0.1) is 0 Å². The maximum Gasteiger partial charge on any atom is 0.328 e. The zero-order valence-corrected chi connectivity index (χ0v) is 34.5. The van der Waals surface area contributed by atoms with Crippen molar-refractivity contribution in [3.05, 3.63) is 166 Å². The van der Waals surface area contributed by atoms with Crippen LogP contribution < -0.4 is 16.3 Å². The SMILES string of the molecule is COC(=O)[C@H](Cc1ccccc1)NC(=O)NCc1cccc(-c2cccc([C@@H]3O[C@H](CN4CCC(n5c(=O)[nH]c6ccccc65)CC4)[C@H](C)[C@H](c4ccc(CO)cc4)O3)c2)c1. The Balaban J connectivity index is 0.957. The zero-order chi connectivity index (χ0) is 42.3. The van der Waals surface area contributed by atoms with Gasteiger partial charge in [0.25, 0.3) is 0 Å². The molecule has 3 heterocycles. The monoisotopic (exact) mass is 823 g/mol. The van der Waals surface area contributed by atoms with E-state index in [1.807, 2.05) is 126 Å². The highest BCUT2D eigenvalue weighted by molar-refractivity contribution is 5.83. The van der Waals surface area contributed by atoms with E-state index in [1.54, 1.807) is 0 Å². The van der Waals surface area contributed by atoms with E-state index in [-0.39, 0.29) is 43.0 Å². The van der Waals surface area contributed by atoms with Gasteiger partial charge in [-0.2, -0.15) is 0 Å². The van der Waals surface area contributed by atoms with Crippen LogP contribution in [0.25, 0.3) is 22.2 Å². The van der Waals surface area contributed by atoms with Crippen molar-refractivity contribution in [3.8, 4) is 11.1 Å². The van der Waals surface area contributed by atoms with E-state index in [0.717, 1.165) is 82.5 Å². The fourth-order valence-electron chi connectivity index (χ4n) is 8.68. The van der Waals surface area contributed by atoms with Gasteiger partial charge in [-0.05, 0) is 70.5 Å². The topological polar surface area (TPSA) is 147 Å². The number of rotatable bonds is 13. The quantitative estimate of drug-likeness (QED) is 0.0895. The normalized spacial score (nSPS) is 20.2. The van der Waals surface area contributed by atoms with E-state index >= 15 is 0 Å². The molecule has 5 aromatic carbocycles. The lowest BCUT2D eigenvalue weighted by Gasteiger charge is -2.44. The number of amides is 2. The molecular weight excluding hydrogens is 771 g/mol. The molecule has 12 nitrogen and oxygen atoms in total. The second kappa shape index (κ2) is 19.1. The Kier molecular flexibility index (Phi) is 13.1. The molecule has 0 radical (unpaired) electrons. The van der Waals surface area contributed by atoms with Crippen LogP contribution in [0.5, 0.6) is 0 Å². The van der Waals surface area contributed by atoms with Crippen molar-refractivity contribution in [2.45, 2.75) is 69.9 Å². The zero-order valence-electron chi connectivity index (χ0n) is 34.5. The summed E-state index contributed by atoms with van der Waals surface area (Å²) in [6, 6.07) is 40.3. The predicted molar refractivity (Wildman–Crippen MR) is 233 cm³/mol. The van der Waals surface area contributed by atoms with Gasteiger partial charge in [0, 0.05) is 50.1 Å². The van der Waals surface area contributed by atoms with Gasteiger partial charge in [0.15, 0.2) is 6.29 Å². The van der Waals surface area contributed by atoms with Gasteiger partial charge >= 0.3 is 17.7 Å². The van der Waals surface area contributed by atoms with E-state index in [0.29, 0.717) is 6.42 Å². The second-order valence-electron chi connectivity index (χ2n) is 16.1. The third-order valence-electron chi connectivity index (χ3n) is 12.1. The molecule has 2 amide bonds. The number of hydrogen-bond donors (Lipinski definition) is 4. The second-order valence-corrected chi connectivity index (χ2v) is 16.1. The summed E-state index contributed by atoms with van der Waals surface area (Å²) in [7, 11) is 1.31. The molecule has 0 saturated carbocycles. The number of fused-ring (bicyclic) bond motifs is 1. The van der Waals surface area contributed by atoms with Crippen molar-refractivity contribution in [3.63, 3.8) is 0 Å². The van der Waals surface area contributed by atoms with Crippen molar-refractivity contribution in [2.75, 3.05) is 26.7 Å². The number of aromatic amines is 1. The van der Waals surface area contributed by atoms with E-state index in [1.165, 1.54) is 7.11 Å². The summed E-state index contributed by atoms with van der Waals surface area (Å²) >= 11 is 0. The predicted octanol–water partition coefficient (Wildman–Crippen LogP) is 7.20. The number of imidazole rings is 1. The van der Waals surface area contributed by atoms with Crippen LogP contribution in [0.2, 0.25) is 0 Å². The number of likely N-dealkylation sites (tertiary alicyclic amines) is 1. The number of benzene rings is 5. The minimum absolute atomic E-state index is 0.0241. The molecule has 0 bridgehead atoms.